The Balaban J connectivity index is 2.83. The average molecular weight is 259 g/mol. The molecule has 1 fully saturated rings. The van der Waals surface area contributed by atoms with Crippen molar-refractivity contribution in [3.63, 3.8) is 0 Å². The molecule has 1 unspecified atom stereocenters. The van der Waals surface area contributed by atoms with E-state index in [-0.39, 0.29) is 0 Å². The zero-order valence-electron chi connectivity index (χ0n) is 11.2. The van der Waals surface area contributed by atoms with Gasteiger partial charge in [0.25, 0.3) is 0 Å². The first kappa shape index (κ1) is 14.7. The van der Waals surface area contributed by atoms with Gasteiger partial charge in [-0.1, -0.05) is 19.8 Å². The lowest BCUT2D eigenvalue weighted by Gasteiger charge is -2.44. The van der Waals surface area contributed by atoms with Crippen molar-refractivity contribution in [1.29, 1.82) is 0 Å². The van der Waals surface area contributed by atoms with E-state index >= 15 is 0 Å². The van der Waals surface area contributed by atoms with Crippen molar-refractivity contribution in [2.24, 2.45) is 0 Å². The van der Waals surface area contributed by atoms with E-state index in [1.165, 1.54) is 0 Å². The van der Waals surface area contributed by atoms with Crippen LogP contribution in [0.1, 0.15) is 45.4 Å². The van der Waals surface area contributed by atoms with Gasteiger partial charge in [0.2, 0.25) is 0 Å². The van der Waals surface area contributed by atoms with Crippen LogP contribution >= 0.6 is 0 Å². The van der Waals surface area contributed by atoms with Crippen LogP contribution in [0.2, 0.25) is 13.1 Å². The van der Waals surface area contributed by atoms with Gasteiger partial charge in [-0.15, -0.1) is 0 Å². The highest BCUT2D eigenvalue weighted by Crippen LogP contribution is 2.33. The van der Waals surface area contributed by atoms with Gasteiger partial charge in [0.1, 0.15) is 5.54 Å². The lowest BCUT2D eigenvalue weighted by atomic mass is 9.84. The van der Waals surface area contributed by atoms with Crippen LogP contribution in [0.3, 0.4) is 0 Å². The van der Waals surface area contributed by atoms with Gasteiger partial charge in [0.05, 0.1) is 0 Å². The SMILES string of the molecule is CCCCC1(C(=O)O)CCCCN1O[SiH](C)C. The average Bonchev–Trinajstić information content (AvgIpc) is 2.27. The third-order valence-electron chi connectivity index (χ3n) is 3.36. The third-order valence-corrected chi connectivity index (χ3v) is 4.04. The van der Waals surface area contributed by atoms with Crippen LogP contribution in [0, 0.1) is 0 Å². The molecule has 0 aromatic carbocycles. The number of nitrogens with zero attached hydrogens (tertiary/aromatic N) is 1. The van der Waals surface area contributed by atoms with Crippen LogP contribution < -0.4 is 0 Å². The molecule has 0 aromatic heterocycles. The molecular formula is C12H25NO3Si. The summed E-state index contributed by atoms with van der Waals surface area (Å²) in [5.74, 6) is -0.708. The summed E-state index contributed by atoms with van der Waals surface area (Å²) >= 11 is 0. The van der Waals surface area contributed by atoms with E-state index < -0.39 is 20.5 Å². The summed E-state index contributed by atoms with van der Waals surface area (Å²) in [6.45, 7) is 7.03. The molecule has 0 saturated carbocycles. The second-order valence-corrected chi connectivity index (χ2v) is 7.46. The number of piperidine rings is 1. The summed E-state index contributed by atoms with van der Waals surface area (Å²) in [6.07, 6.45) is 5.45. The molecular weight excluding hydrogens is 234 g/mol. The van der Waals surface area contributed by atoms with E-state index in [2.05, 4.69) is 20.0 Å². The van der Waals surface area contributed by atoms with Gasteiger partial charge >= 0.3 is 5.97 Å². The predicted molar refractivity (Wildman–Crippen MR) is 70.4 cm³/mol. The summed E-state index contributed by atoms with van der Waals surface area (Å²) < 4.78 is 5.86. The highest BCUT2D eigenvalue weighted by molar-refractivity contribution is 6.48. The Labute approximate surface area is 106 Å². The van der Waals surface area contributed by atoms with Crippen molar-refractivity contribution in [3.8, 4) is 0 Å². The fourth-order valence-electron chi connectivity index (χ4n) is 2.46. The minimum absolute atomic E-state index is 0.708. The number of hydroxylamine groups is 2. The lowest BCUT2D eigenvalue weighted by molar-refractivity contribution is -0.197. The highest BCUT2D eigenvalue weighted by atomic mass is 28.3. The van der Waals surface area contributed by atoms with Gasteiger partial charge in [0, 0.05) is 6.54 Å². The molecule has 0 radical (unpaired) electrons. The third kappa shape index (κ3) is 3.53. The Morgan fingerprint density at radius 2 is 2.18 bits per heavy atom. The Kier molecular flexibility index (Phi) is 5.62. The van der Waals surface area contributed by atoms with Gasteiger partial charge in [-0.2, -0.15) is 5.06 Å². The molecule has 1 rings (SSSR count). The smallest absolute Gasteiger partial charge is 0.326 e. The van der Waals surface area contributed by atoms with E-state index in [1.807, 2.05) is 0 Å². The monoisotopic (exact) mass is 259 g/mol. The Morgan fingerprint density at radius 3 is 2.71 bits per heavy atom. The summed E-state index contributed by atoms with van der Waals surface area (Å²) in [4.78, 5) is 11.7. The van der Waals surface area contributed by atoms with Crippen molar-refractivity contribution in [1.82, 2.24) is 5.06 Å². The first-order valence-corrected chi connectivity index (χ1v) is 9.49. The first-order chi connectivity index (χ1) is 8.03. The molecule has 1 heterocycles. The molecule has 5 heteroatoms. The number of unbranched alkanes of at least 4 members (excludes halogenated alkanes) is 1. The van der Waals surface area contributed by atoms with Crippen LogP contribution in [-0.4, -0.2) is 37.3 Å². The molecule has 1 saturated heterocycles. The number of hydrogen-bond donors (Lipinski definition) is 1. The van der Waals surface area contributed by atoms with E-state index in [0.29, 0.717) is 6.42 Å². The van der Waals surface area contributed by atoms with Crippen molar-refractivity contribution < 1.29 is 14.4 Å². The van der Waals surface area contributed by atoms with Crippen molar-refractivity contribution >= 4 is 15.0 Å². The maximum atomic E-state index is 11.7. The molecule has 0 amide bonds. The molecule has 0 spiro atoms. The molecule has 0 aromatic rings. The van der Waals surface area contributed by atoms with Gasteiger partial charge in [-0.25, -0.2) is 0 Å². The van der Waals surface area contributed by atoms with Gasteiger partial charge in [-0.05, 0) is 38.8 Å². The summed E-state index contributed by atoms with van der Waals surface area (Å²) in [5, 5.41) is 11.4. The highest BCUT2D eigenvalue weighted by Gasteiger charge is 2.46. The Morgan fingerprint density at radius 1 is 1.47 bits per heavy atom. The van der Waals surface area contributed by atoms with Crippen LogP contribution in [0.4, 0.5) is 0 Å². The second kappa shape index (κ2) is 6.52. The summed E-state index contributed by atoms with van der Waals surface area (Å²) in [5.41, 5.74) is -0.758. The maximum Gasteiger partial charge on any atom is 0.326 e. The van der Waals surface area contributed by atoms with Crippen LogP contribution in [0.25, 0.3) is 0 Å². The molecule has 1 aliphatic rings. The van der Waals surface area contributed by atoms with Gasteiger partial charge in [-0.3, -0.25) is 4.79 Å². The van der Waals surface area contributed by atoms with Crippen molar-refractivity contribution in [2.45, 2.75) is 64.1 Å². The standard InChI is InChI=1S/C12H25NO3Si/c1-4-5-8-12(11(14)15)9-6-7-10-13(12)16-17(2)3/h17H,4-10H2,1-3H3,(H,14,15). The molecule has 1 N–H and O–H groups in total. The van der Waals surface area contributed by atoms with Crippen LogP contribution in [0.5, 0.6) is 0 Å². The number of carboxylic acid groups (broad SMARTS) is 1. The van der Waals surface area contributed by atoms with Crippen molar-refractivity contribution in [3.05, 3.63) is 0 Å². The normalized spacial score (nSPS) is 26.4. The quantitative estimate of drug-likeness (QED) is 0.744. The lowest BCUT2D eigenvalue weighted by Crippen LogP contribution is -2.58. The molecule has 100 valence electrons. The van der Waals surface area contributed by atoms with Crippen molar-refractivity contribution in [2.75, 3.05) is 6.54 Å². The van der Waals surface area contributed by atoms with Gasteiger partial charge in [0.15, 0.2) is 9.04 Å². The fourth-order valence-corrected chi connectivity index (χ4v) is 3.28. The Bertz CT molecular complexity index is 260. The zero-order chi connectivity index (χ0) is 12.9. The van der Waals surface area contributed by atoms with E-state index in [1.54, 1.807) is 5.06 Å². The van der Waals surface area contributed by atoms with Gasteiger partial charge < -0.3 is 9.63 Å². The molecule has 1 atom stereocenters. The molecule has 0 aliphatic carbocycles. The van der Waals surface area contributed by atoms with E-state index in [0.717, 1.165) is 38.6 Å². The topological polar surface area (TPSA) is 49.8 Å². The zero-order valence-corrected chi connectivity index (χ0v) is 12.4. The summed E-state index contributed by atoms with van der Waals surface area (Å²) in [7, 11) is -1.24. The van der Waals surface area contributed by atoms with Crippen LogP contribution in [-0.2, 0) is 9.32 Å². The molecule has 4 nitrogen and oxygen atoms in total. The second-order valence-electron chi connectivity index (χ2n) is 5.15. The number of carbonyl (C=O) groups is 1. The maximum absolute atomic E-state index is 11.7. The molecule has 17 heavy (non-hydrogen) atoms. The summed E-state index contributed by atoms with van der Waals surface area (Å²) in [6, 6.07) is 0. The fraction of sp³-hybridized carbons (Fsp3) is 0.917. The first-order valence-electron chi connectivity index (χ1n) is 6.70. The minimum Gasteiger partial charge on any atom is -0.480 e. The number of aliphatic carboxylic acids is 1. The van der Waals surface area contributed by atoms with E-state index in [9.17, 15) is 9.90 Å². The Hall–Kier alpha value is -0.393. The minimum atomic E-state index is -1.24. The molecule has 1 aliphatic heterocycles. The van der Waals surface area contributed by atoms with E-state index in [4.69, 9.17) is 4.53 Å². The number of carboxylic acids is 1. The number of rotatable bonds is 6. The number of hydrogen-bond acceptors (Lipinski definition) is 3. The largest absolute Gasteiger partial charge is 0.480 e. The predicted octanol–water partition coefficient (Wildman–Crippen LogP) is 2.40. The van der Waals surface area contributed by atoms with Crippen LogP contribution in [0.15, 0.2) is 0 Å². The molecule has 0 bridgehead atoms.